The molecule has 1 aromatic carbocycles. The van der Waals surface area contributed by atoms with E-state index in [0.717, 1.165) is 11.3 Å². The number of ketones is 1. The van der Waals surface area contributed by atoms with Gasteiger partial charge < -0.3 is 5.73 Å². The van der Waals surface area contributed by atoms with Crippen LogP contribution >= 0.6 is 0 Å². The van der Waals surface area contributed by atoms with Gasteiger partial charge in [0.1, 0.15) is 0 Å². The van der Waals surface area contributed by atoms with Crippen molar-refractivity contribution in [2.24, 2.45) is 5.92 Å². The van der Waals surface area contributed by atoms with E-state index < -0.39 is 0 Å². The van der Waals surface area contributed by atoms with Gasteiger partial charge in [-0.1, -0.05) is 79.1 Å². The molecule has 1 saturated carbocycles. The lowest BCUT2D eigenvalue weighted by Crippen LogP contribution is -2.09. The molecule has 0 bridgehead atoms. The van der Waals surface area contributed by atoms with E-state index in [9.17, 15) is 4.79 Å². The van der Waals surface area contributed by atoms with Gasteiger partial charge >= 0.3 is 0 Å². The lowest BCUT2D eigenvalue weighted by Gasteiger charge is -2.15. The monoisotopic (exact) mass is 319 g/mol. The van der Waals surface area contributed by atoms with Crippen LogP contribution < -0.4 is 5.73 Å². The van der Waals surface area contributed by atoms with E-state index in [1.807, 2.05) is 52.0 Å². The summed E-state index contributed by atoms with van der Waals surface area (Å²) in [5.41, 5.74) is 7.19. The Morgan fingerprint density at radius 2 is 1.30 bits per heavy atom. The lowest BCUT2D eigenvalue weighted by molar-refractivity contribution is 0.0955. The Bertz CT molecular complexity index is 387. The Morgan fingerprint density at radius 3 is 1.78 bits per heavy atom. The fourth-order valence-electron chi connectivity index (χ4n) is 2.97. The van der Waals surface area contributed by atoms with Crippen molar-refractivity contribution in [2.45, 2.75) is 85.5 Å². The Hall–Kier alpha value is -1.31. The Kier molecular flexibility index (Phi) is 13.5. The largest absolute Gasteiger partial charge is 0.399 e. The van der Waals surface area contributed by atoms with Gasteiger partial charge in [0.05, 0.1) is 0 Å². The summed E-state index contributed by atoms with van der Waals surface area (Å²) < 4.78 is 0. The first-order valence-electron chi connectivity index (χ1n) is 9.64. The second-order valence-electron chi connectivity index (χ2n) is 5.81. The Balaban J connectivity index is 0.00000112. The molecule has 0 spiro atoms. The molecular weight excluding hydrogens is 282 g/mol. The molecule has 1 aliphatic carbocycles. The van der Waals surface area contributed by atoms with Gasteiger partial charge in [0.2, 0.25) is 0 Å². The van der Waals surface area contributed by atoms with Crippen LogP contribution in [-0.2, 0) is 0 Å². The maximum atomic E-state index is 12.3. The van der Waals surface area contributed by atoms with Crippen molar-refractivity contribution in [3.05, 3.63) is 29.8 Å². The lowest BCUT2D eigenvalue weighted by atomic mass is 9.90. The zero-order chi connectivity index (χ0) is 17.5. The quantitative estimate of drug-likeness (QED) is 0.501. The van der Waals surface area contributed by atoms with Crippen molar-refractivity contribution in [2.75, 3.05) is 5.73 Å². The highest BCUT2D eigenvalue weighted by molar-refractivity contribution is 5.96. The van der Waals surface area contributed by atoms with E-state index in [4.69, 9.17) is 5.73 Å². The van der Waals surface area contributed by atoms with Crippen molar-refractivity contribution >= 4 is 11.5 Å². The van der Waals surface area contributed by atoms with Gasteiger partial charge in [-0.2, -0.15) is 0 Å². The van der Waals surface area contributed by atoms with Crippen molar-refractivity contribution in [1.29, 1.82) is 0 Å². The van der Waals surface area contributed by atoms with E-state index in [1.54, 1.807) is 0 Å². The van der Waals surface area contributed by atoms with Crippen LogP contribution in [0.5, 0.6) is 0 Å². The average Bonchev–Trinajstić information content (AvgIpc) is 2.73. The molecule has 0 aliphatic heterocycles. The molecule has 0 unspecified atom stereocenters. The predicted octanol–water partition coefficient (Wildman–Crippen LogP) is 6.64. The summed E-state index contributed by atoms with van der Waals surface area (Å²) in [5.74, 6) is 0.868. The number of Topliss-reactive ketones (excluding diaryl/α,β-unsaturated/α-hetero) is 1. The van der Waals surface area contributed by atoms with Crippen molar-refractivity contribution in [3.63, 3.8) is 0 Å². The van der Waals surface area contributed by atoms with Gasteiger partial charge in [0.15, 0.2) is 5.78 Å². The number of benzene rings is 1. The van der Waals surface area contributed by atoms with E-state index in [-0.39, 0.29) is 5.78 Å². The highest BCUT2D eigenvalue weighted by Gasteiger charge is 2.16. The number of carbonyl (C=O) groups is 1. The van der Waals surface area contributed by atoms with Crippen LogP contribution in [0.4, 0.5) is 5.69 Å². The zero-order valence-corrected chi connectivity index (χ0v) is 15.7. The minimum Gasteiger partial charge on any atom is -0.399 e. The molecule has 2 heteroatoms. The van der Waals surface area contributed by atoms with Gasteiger partial charge in [-0.25, -0.2) is 0 Å². The minimum atomic E-state index is 0.282. The third-order valence-electron chi connectivity index (χ3n) is 4.18. The van der Waals surface area contributed by atoms with Crippen LogP contribution in [0.25, 0.3) is 0 Å². The van der Waals surface area contributed by atoms with Gasteiger partial charge in [0, 0.05) is 17.7 Å². The number of nitrogens with two attached hydrogens (primary N) is 1. The molecule has 0 saturated heterocycles. The smallest absolute Gasteiger partial charge is 0.163 e. The normalized spacial score (nSPS) is 15.7. The molecule has 23 heavy (non-hydrogen) atoms. The summed E-state index contributed by atoms with van der Waals surface area (Å²) in [4.78, 5) is 12.3. The first-order chi connectivity index (χ1) is 11.3. The Labute approximate surface area is 143 Å². The van der Waals surface area contributed by atoms with E-state index in [0.29, 0.717) is 12.3 Å². The number of nitrogen functional groups attached to an aromatic ring is 1. The summed E-state index contributed by atoms with van der Waals surface area (Å²) in [7, 11) is 0. The first-order valence-corrected chi connectivity index (χ1v) is 9.64. The molecule has 1 aromatic rings. The number of rotatable bonds is 3. The van der Waals surface area contributed by atoms with Crippen molar-refractivity contribution < 1.29 is 4.79 Å². The molecule has 0 aromatic heterocycles. The van der Waals surface area contributed by atoms with Gasteiger partial charge in [-0.05, 0) is 30.2 Å². The number of anilines is 1. The summed E-state index contributed by atoms with van der Waals surface area (Å²) in [5, 5.41) is 0. The highest BCUT2D eigenvalue weighted by atomic mass is 16.1. The third-order valence-corrected chi connectivity index (χ3v) is 4.18. The molecular formula is C21H37NO. The summed E-state index contributed by atoms with van der Waals surface area (Å²) in [6.07, 6.45) is 11.2. The van der Waals surface area contributed by atoms with Crippen LogP contribution in [-0.4, -0.2) is 5.78 Å². The van der Waals surface area contributed by atoms with Crippen LogP contribution in [0.3, 0.4) is 0 Å². The summed E-state index contributed by atoms with van der Waals surface area (Å²) in [6, 6.07) is 7.34. The maximum Gasteiger partial charge on any atom is 0.163 e. The maximum absolute atomic E-state index is 12.3. The molecule has 0 radical (unpaired) electrons. The van der Waals surface area contributed by atoms with Crippen LogP contribution in [0.2, 0.25) is 0 Å². The highest BCUT2D eigenvalue weighted by Crippen LogP contribution is 2.25. The second-order valence-corrected chi connectivity index (χ2v) is 5.81. The van der Waals surface area contributed by atoms with Crippen LogP contribution in [0.15, 0.2) is 24.3 Å². The first kappa shape index (κ1) is 21.7. The molecule has 0 heterocycles. The fraction of sp³-hybridized carbons (Fsp3) is 0.667. The molecule has 1 aliphatic rings. The fourth-order valence-corrected chi connectivity index (χ4v) is 2.97. The van der Waals surface area contributed by atoms with Gasteiger partial charge in [-0.3, -0.25) is 4.79 Å². The summed E-state index contributed by atoms with van der Waals surface area (Å²) in [6.45, 7) is 8.00. The van der Waals surface area contributed by atoms with Crippen LogP contribution in [0.1, 0.15) is 95.8 Å². The zero-order valence-electron chi connectivity index (χ0n) is 15.7. The van der Waals surface area contributed by atoms with E-state index in [1.165, 1.54) is 51.4 Å². The van der Waals surface area contributed by atoms with Crippen molar-refractivity contribution in [1.82, 2.24) is 0 Å². The van der Waals surface area contributed by atoms with Crippen molar-refractivity contribution in [3.8, 4) is 0 Å². The Morgan fingerprint density at radius 1 is 0.870 bits per heavy atom. The van der Waals surface area contributed by atoms with Gasteiger partial charge in [0.25, 0.3) is 0 Å². The van der Waals surface area contributed by atoms with Gasteiger partial charge in [-0.15, -0.1) is 0 Å². The molecule has 0 atom stereocenters. The molecule has 2 rings (SSSR count). The predicted molar refractivity (Wildman–Crippen MR) is 103 cm³/mol. The number of carbonyl (C=O) groups excluding carboxylic acids is 1. The van der Waals surface area contributed by atoms with Crippen LogP contribution in [0, 0.1) is 5.92 Å². The second kappa shape index (κ2) is 14.3. The van der Waals surface area contributed by atoms with E-state index in [2.05, 4.69) is 0 Å². The topological polar surface area (TPSA) is 43.1 Å². The average molecular weight is 320 g/mol. The molecule has 2 N–H and O–H groups in total. The SMILES string of the molecule is CC.CC.Nc1ccc(C(=O)CC2CCCCCCCC2)cc1. The standard InChI is InChI=1S/C17H25NO.2C2H6/c18-16-11-9-15(10-12-16)17(19)13-14-7-5-3-1-2-4-6-8-14;2*1-2/h9-12,14H,1-8,13,18H2;2*1-2H3. The molecule has 0 amide bonds. The number of hydrogen-bond acceptors (Lipinski definition) is 2. The number of hydrogen-bond donors (Lipinski definition) is 1. The minimum absolute atomic E-state index is 0.282. The molecule has 1 fully saturated rings. The molecule has 2 nitrogen and oxygen atoms in total. The van der Waals surface area contributed by atoms with E-state index >= 15 is 0 Å². The summed E-state index contributed by atoms with van der Waals surface area (Å²) >= 11 is 0. The third kappa shape index (κ3) is 9.43. The molecule has 132 valence electrons.